The number of aromatic nitrogens is 1. The van der Waals surface area contributed by atoms with Crippen LogP contribution in [0.15, 0.2) is 74.3 Å². The van der Waals surface area contributed by atoms with Crippen molar-refractivity contribution in [1.29, 1.82) is 0 Å². The summed E-state index contributed by atoms with van der Waals surface area (Å²) in [5, 5.41) is 6.36. The number of hydrogen-bond donors (Lipinski definition) is 2. The van der Waals surface area contributed by atoms with E-state index in [9.17, 15) is 14.4 Å². The average Bonchev–Trinajstić information content (AvgIpc) is 2.93. The summed E-state index contributed by atoms with van der Waals surface area (Å²) in [6.07, 6.45) is 0.834. The molecule has 0 saturated heterocycles. The number of carbonyl (C=O) groups excluding carboxylic acids is 2. The van der Waals surface area contributed by atoms with Crippen LogP contribution in [0.3, 0.4) is 0 Å². The normalized spacial score (nSPS) is 11.1. The van der Waals surface area contributed by atoms with E-state index in [1.807, 2.05) is 81.7 Å². The third-order valence-corrected chi connectivity index (χ3v) is 7.32. The second kappa shape index (κ2) is 13.6. The molecule has 3 aromatic carbocycles. The van der Waals surface area contributed by atoms with Gasteiger partial charge in [-0.25, -0.2) is 4.79 Å². The third-order valence-electron chi connectivity index (χ3n) is 6.72. The van der Waals surface area contributed by atoms with Gasteiger partial charge in [-0.15, -0.1) is 0 Å². The molecule has 0 spiro atoms. The van der Waals surface area contributed by atoms with Crippen LogP contribution in [0.4, 0.5) is 11.7 Å². The second-order valence-corrected chi connectivity index (χ2v) is 11.1. The second-order valence-electron chi connectivity index (χ2n) is 10.2. The van der Waals surface area contributed by atoms with Crippen molar-refractivity contribution in [3.8, 4) is 0 Å². The molecule has 0 bridgehead atoms. The van der Waals surface area contributed by atoms with Gasteiger partial charge < -0.3 is 24.9 Å². The Bertz CT molecular complexity index is 1600. The molecule has 0 aliphatic rings. The Balaban J connectivity index is 1.49. The molecule has 0 radical (unpaired) electrons. The lowest BCUT2D eigenvalue weighted by Gasteiger charge is -2.18. The number of halogens is 1. The summed E-state index contributed by atoms with van der Waals surface area (Å²) in [4.78, 5) is 46.1. The number of anilines is 2. The number of nitrogens with one attached hydrogen (secondary N) is 2. The predicted molar refractivity (Wildman–Crippen MR) is 164 cm³/mol. The van der Waals surface area contributed by atoms with Gasteiger partial charge in [0.05, 0.1) is 17.4 Å². The van der Waals surface area contributed by atoms with Crippen LogP contribution >= 0.6 is 15.9 Å². The number of benzene rings is 3. The monoisotopic (exact) mass is 619 g/mol. The van der Waals surface area contributed by atoms with E-state index in [4.69, 9.17) is 4.42 Å². The Morgan fingerprint density at radius 2 is 1.71 bits per heavy atom. The fourth-order valence-corrected chi connectivity index (χ4v) is 5.10. The highest BCUT2D eigenvalue weighted by Gasteiger charge is 2.17. The number of carbonyl (C=O) groups is 2. The molecule has 9 nitrogen and oxygen atoms in total. The van der Waals surface area contributed by atoms with E-state index in [2.05, 4.69) is 31.5 Å². The third kappa shape index (κ3) is 7.80. The fourth-order valence-electron chi connectivity index (χ4n) is 4.54. The largest absolute Gasteiger partial charge is 0.388 e. The molecule has 0 aliphatic heterocycles. The first-order valence-corrected chi connectivity index (χ1v) is 14.1. The van der Waals surface area contributed by atoms with Crippen molar-refractivity contribution in [1.82, 2.24) is 20.1 Å². The van der Waals surface area contributed by atoms with Crippen molar-refractivity contribution in [3.63, 3.8) is 0 Å². The number of fused-ring (bicyclic) bond motifs is 1. The van der Waals surface area contributed by atoms with Crippen molar-refractivity contribution in [3.05, 3.63) is 97.8 Å². The molecule has 1 heterocycles. The molecular formula is C31H34BrN5O4. The highest BCUT2D eigenvalue weighted by Crippen LogP contribution is 2.29. The number of likely N-dealkylation sites (N-methyl/N-ethyl adjacent to an activating group) is 1. The van der Waals surface area contributed by atoms with Crippen LogP contribution in [0.1, 0.15) is 28.7 Å². The van der Waals surface area contributed by atoms with E-state index in [1.54, 1.807) is 16.8 Å². The van der Waals surface area contributed by atoms with Crippen molar-refractivity contribution < 1.29 is 14.0 Å². The maximum atomic E-state index is 13.1. The molecule has 0 fully saturated rings. The van der Waals surface area contributed by atoms with E-state index < -0.39 is 5.63 Å². The Hall–Kier alpha value is -4.02. The van der Waals surface area contributed by atoms with Gasteiger partial charge >= 0.3 is 11.6 Å². The zero-order valence-corrected chi connectivity index (χ0v) is 25.2. The molecule has 4 aromatic rings. The van der Waals surface area contributed by atoms with E-state index in [-0.39, 0.29) is 30.9 Å². The number of hydrogen-bond acceptors (Lipinski definition) is 7. The van der Waals surface area contributed by atoms with Gasteiger partial charge in [0.2, 0.25) is 11.8 Å². The van der Waals surface area contributed by atoms with Gasteiger partial charge in [-0.3, -0.25) is 9.59 Å². The zero-order valence-electron chi connectivity index (χ0n) is 23.7. The van der Waals surface area contributed by atoms with Crippen LogP contribution in [0, 0.1) is 6.92 Å². The summed E-state index contributed by atoms with van der Waals surface area (Å²) in [5.74, 6) is -0.0781. The van der Waals surface area contributed by atoms with Crippen LogP contribution in [0.5, 0.6) is 0 Å². The first kappa shape index (κ1) is 30.0. The lowest BCUT2D eigenvalue weighted by molar-refractivity contribution is -0.130. The Labute approximate surface area is 247 Å². The first-order chi connectivity index (χ1) is 19.6. The Kier molecular flexibility index (Phi) is 9.91. The molecule has 41 heavy (non-hydrogen) atoms. The van der Waals surface area contributed by atoms with E-state index in [1.165, 1.54) is 0 Å². The standard InChI is InChI=1S/C31H34BrN5O4/c1-20-23(17-33-26(38)19-36(2)3)16-24(32)29-28(20)30(40)41-31(35-29)34-25-13-9-8-12-22(25)14-15-27(39)37(4)18-21-10-6-5-7-11-21/h5-13,16H,14-15,17-19H2,1-4H3,(H,33,38)(H,34,35). The summed E-state index contributed by atoms with van der Waals surface area (Å²) in [6, 6.07) is 19.3. The Morgan fingerprint density at radius 3 is 2.44 bits per heavy atom. The predicted octanol–water partition coefficient (Wildman–Crippen LogP) is 4.77. The highest BCUT2D eigenvalue weighted by atomic mass is 79.9. The number of para-hydroxylation sites is 1. The van der Waals surface area contributed by atoms with Gasteiger partial charge in [0.15, 0.2) is 0 Å². The van der Waals surface area contributed by atoms with Crippen molar-refractivity contribution >= 4 is 50.3 Å². The van der Waals surface area contributed by atoms with E-state index in [0.717, 1.165) is 16.7 Å². The van der Waals surface area contributed by atoms with Crippen LogP contribution in [0.2, 0.25) is 0 Å². The minimum atomic E-state index is -0.535. The summed E-state index contributed by atoms with van der Waals surface area (Å²) in [7, 11) is 5.45. The van der Waals surface area contributed by atoms with Gasteiger partial charge in [-0.05, 0) is 77.8 Å². The fraction of sp³-hybridized carbons (Fsp3) is 0.290. The topological polar surface area (TPSA) is 108 Å². The lowest BCUT2D eigenvalue weighted by atomic mass is 10.0. The SMILES string of the molecule is Cc1c(CNC(=O)CN(C)C)cc(Br)c2nc(Nc3ccccc3CCC(=O)N(C)Cc3ccccc3)oc(=O)c12. The van der Waals surface area contributed by atoms with Gasteiger partial charge in [-0.2, -0.15) is 4.98 Å². The molecule has 0 atom stereocenters. The van der Waals surface area contributed by atoms with E-state index in [0.29, 0.717) is 46.0 Å². The molecule has 0 saturated carbocycles. The average molecular weight is 621 g/mol. The molecule has 10 heteroatoms. The van der Waals surface area contributed by atoms with Gasteiger partial charge in [0, 0.05) is 36.7 Å². The smallest absolute Gasteiger partial charge is 0.348 e. The Morgan fingerprint density at radius 1 is 1.00 bits per heavy atom. The molecule has 0 unspecified atom stereocenters. The maximum Gasteiger partial charge on any atom is 0.348 e. The van der Waals surface area contributed by atoms with Crippen molar-refractivity contribution in [2.24, 2.45) is 0 Å². The van der Waals surface area contributed by atoms with Crippen LogP contribution in [-0.2, 0) is 29.1 Å². The van der Waals surface area contributed by atoms with Crippen LogP contribution < -0.4 is 16.3 Å². The molecule has 0 aliphatic carbocycles. The summed E-state index contributed by atoms with van der Waals surface area (Å²) >= 11 is 3.54. The maximum absolute atomic E-state index is 13.1. The lowest BCUT2D eigenvalue weighted by Crippen LogP contribution is -2.33. The van der Waals surface area contributed by atoms with Gasteiger partial charge in [0.25, 0.3) is 0 Å². The zero-order chi connectivity index (χ0) is 29.5. The number of nitrogens with zero attached hydrogens (tertiary/aromatic N) is 3. The summed E-state index contributed by atoms with van der Waals surface area (Å²) in [5.41, 5.74) is 4.09. The number of aryl methyl sites for hydroxylation is 2. The van der Waals surface area contributed by atoms with Gasteiger partial charge in [-0.1, -0.05) is 48.5 Å². The molecular weight excluding hydrogens is 586 g/mol. The van der Waals surface area contributed by atoms with E-state index >= 15 is 0 Å². The quantitative estimate of drug-likeness (QED) is 0.249. The minimum absolute atomic E-state index is 0.0344. The molecule has 214 valence electrons. The summed E-state index contributed by atoms with van der Waals surface area (Å²) in [6.45, 7) is 2.91. The molecule has 4 rings (SSSR count). The molecule has 2 N–H and O–H groups in total. The number of amides is 2. The first-order valence-electron chi connectivity index (χ1n) is 13.3. The van der Waals surface area contributed by atoms with Gasteiger partial charge in [0.1, 0.15) is 0 Å². The molecule has 1 aromatic heterocycles. The van der Waals surface area contributed by atoms with Crippen molar-refractivity contribution in [2.75, 3.05) is 33.0 Å². The number of rotatable bonds is 11. The minimum Gasteiger partial charge on any atom is -0.388 e. The summed E-state index contributed by atoms with van der Waals surface area (Å²) < 4.78 is 6.20. The van der Waals surface area contributed by atoms with Crippen molar-refractivity contribution in [2.45, 2.75) is 32.9 Å². The highest BCUT2D eigenvalue weighted by molar-refractivity contribution is 9.10. The molecule has 2 amide bonds. The van der Waals surface area contributed by atoms with Crippen LogP contribution in [0.25, 0.3) is 10.9 Å². The van der Waals surface area contributed by atoms with Crippen LogP contribution in [-0.4, -0.2) is 54.3 Å².